The second kappa shape index (κ2) is 9.49. The minimum atomic E-state index is -4.69. The van der Waals surface area contributed by atoms with Crippen LogP contribution < -0.4 is 5.32 Å². The van der Waals surface area contributed by atoms with Crippen molar-refractivity contribution >= 4 is 21.7 Å². The zero-order chi connectivity index (χ0) is 26.4. The molecule has 1 heterocycles. The highest BCUT2D eigenvalue weighted by Crippen LogP contribution is 2.43. The number of nitrogens with one attached hydrogen (secondary N) is 1. The van der Waals surface area contributed by atoms with E-state index in [2.05, 4.69) is 5.32 Å². The van der Waals surface area contributed by atoms with Crippen molar-refractivity contribution in [3.05, 3.63) is 65.0 Å². The van der Waals surface area contributed by atoms with Gasteiger partial charge in [-0.15, -0.1) is 0 Å². The Morgan fingerprint density at radius 1 is 1.06 bits per heavy atom. The molecule has 0 unspecified atom stereocenters. The number of amides is 2. The van der Waals surface area contributed by atoms with Crippen LogP contribution in [0.25, 0.3) is 0 Å². The van der Waals surface area contributed by atoms with Crippen LogP contribution in [0.5, 0.6) is 0 Å². The third kappa shape index (κ3) is 5.40. The molecule has 0 spiro atoms. The first-order valence-electron chi connectivity index (χ1n) is 11.6. The van der Waals surface area contributed by atoms with Gasteiger partial charge in [-0.1, -0.05) is 12.1 Å². The quantitative estimate of drug-likeness (QED) is 0.562. The Balaban J connectivity index is 1.57. The number of sulfone groups is 1. The summed E-state index contributed by atoms with van der Waals surface area (Å²) in [5, 5.41) is 2.78. The van der Waals surface area contributed by atoms with Gasteiger partial charge in [0.15, 0.2) is 9.84 Å². The summed E-state index contributed by atoms with van der Waals surface area (Å²) in [6.07, 6.45) is -1.41. The number of hydrogen-bond acceptors (Lipinski definition) is 4. The Morgan fingerprint density at radius 3 is 2.33 bits per heavy atom. The van der Waals surface area contributed by atoms with E-state index >= 15 is 0 Å². The molecule has 2 fully saturated rings. The molecule has 1 N–H and O–H groups in total. The Labute approximate surface area is 206 Å². The standard InChI is InChI=1S/C25H26F4N2O4S/c1-14-6-11-21(31(14)24(33)16-4-3-5-18(12-16)36(2,34)35)23(32)30-22(15-7-8-15)19-10-9-17(13-20(19)26)25(27,28)29/h3-5,9-10,12-15,21-22H,6-8,11H2,1-2H3,(H,30,32)/t14-,21+,22+/m0/s1. The summed E-state index contributed by atoms with van der Waals surface area (Å²) in [6.45, 7) is 1.78. The van der Waals surface area contributed by atoms with Crippen molar-refractivity contribution in [1.29, 1.82) is 0 Å². The van der Waals surface area contributed by atoms with Crippen LogP contribution in [0.2, 0.25) is 0 Å². The summed E-state index contributed by atoms with van der Waals surface area (Å²) >= 11 is 0. The van der Waals surface area contributed by atoms with Gasteiger partial charge in [-0.05, 0) is 68.9 Å². The lowest BCUT2D eigenvalue weighted by atomic mass is 9.99. The Kier molecular flexibility index (Phi) is 6.89. The topological polar surface area (TPSA) is 83.6 Å². The van der Waals surface area contributed by atoms with Crippen molar-refractivity contribution in [3.8, 4) is 0 Å². The van der Waals surface area contributed by atoms with E-state index in [9.17, 15) is 35.6 Å². The molecule has 4 rings (SSSR count). The van der Waals surface area contributed by atoms with Crippen molar-refractivity contribution in [2.75, 3.05) is 6.26 Å². The van der Waals surface area contributed by atoms with Gasteiger partial charge in [0.1, 0.15) is 11.9 Å². The number of nitrogens with zero attached hydrogens (tertiary/aromatic N) is 1. The summed E-state index contributed by atoms with van der Waals surface area (Å²) in [7, 11) is -3.55. The summed E-state index contributed by atoms with van der Waals surface area (Å²) in [4.78, 5) is 28.0. The Hall–Kier alpha value is -2.95. The second-order valence-electron chi connectivity index (χ2n) is 9.51. The minimum absolute atomic E-state index is 0.0206. The molecule has 2 amide bonds. The first-order valence-corrected chi connectivity index (χ1v) is 13.5. The molecule has 0 radical (unpaired) electrons. The smallest absolute Gasteiger partial charge is 0.347 e. The maximum atomic E-state index is 14.7. The lowest BCUT2D eigenvalue weighted by Crippen LogP contribution is -2.49. The van der Waals surface area contributed by atoms with Crippen molar-refractivity contribution in [2.45, 2.75) is 61.8 Å². The lowest BCUT2D eigenvalue weighted by Gasteiger charge is -2.30. The molecule has 1 saturated heterocycles. The van der Waals surface area contributed by atoms with Crippen LogP contribution in [-0.2, 0) is 20.8 Å². The number of benzene rings is 2. The maximum absolute atomic E-state index is 14.7. The maximum Gasteiger partial charge on any atom is 0.416 e. The summed E-state index contributed by atoms with van der Waals surface area (Å²) < 4.78 is 77.4. The molecular formula is C25H26F4N2O4S. The zero-order valence-corrected chi connectivity index (χ0v) is 20.5. The van der Waals surface area contributed by atoms with Gasteiger partial charge in [-0.3, -0.25) is 9.59 Å². The van der Waals surface area contributed by atoms with E-state index in [1.54, 1.807) is 6.92 Å². The number of alkyl halides is 3. The predicted molar refractivity (Wildman–Crippen MR) is 123 cm³/mol. The van der Waals surface area contributed by atoms with Crippen molar-refractivity contribution in [3.63, 3.8) is 0 Å². The first kappa shape index (κ1) is 26.1. The summed E-state index contributed by atoms with van der Waals surface area (Å²) in [5.74, 6) is -2.19. The van der Waals surface area contributed by atoms with Gasteiger partial charge in [0.05, 0.1) is 16.5 Å². The largest absolute Gasteiger partial charge is 0.416 e. The van der Waals surface area contributed by atoms with Gasteiger partial charge >= 0.3 is 6.18 Å². The number of carbonyl (C=O) groups is 2. The van der Waals surface area contributed by atoms with Crippen LogP contribution >= 0.6 is 0 Å². The minimum Gasteiger partial charge on any atom is -0.347 e. The van der Waals surface area contributed by atoms with Gasteiger partial charge in [-0.2, -0.15) is 13.2 Å². The highest BCUT2D eigenvalue weighted by Gasteiger charge is 2.42. The van der Waals surface area contributed by atoms with Crippen molar-refractivity contribution in [1.82, 2.24) is 10.2 Å². The monoisotopic (exact) mass is 526 g/mol. The fourth-order valence-electron chi connectivity index (χ4n) is 4.68. The number of likely N-dealkylation sites (tertiary alicyclic amines) is 1. The first-order chi connectivity index (χ1) is 16.8. The van der Waals surface area contributed by atoms with E-state index in [4.69, 9.17) is 0 Å². The molecule has 0 bridgehead atoms. The van der Waals surface area contributed by atoms with Gasteiger partial charge in [-0.25, -0.2) is 12.8 Å². The van der Waals surface area contributed by atoms with Crippen LogP contribution in [0.4, 0.5) is 17.6 Å². The summed E-state index contributed by atoms with van der Waals surface area (Å²) in [6, 6.07) is 5.84. The van der Waals surface area contributed by atoms with Crippen LogP contribution in [-0.4, -0.2) is 43.5 Å². The third-order valence-corrected chi connectivity index (χ3v) is 7.88. The molecule has 2 aromatic rings. The van der Waals surface area contributed by atoms with E-state index < -0.39 is 51.3 Å². The van der Waals surface area contributed by atoms with Gasteiger partial charge in [0.25, 0.3) is 5.91 Å². The number of hydrogen-bond donors (Lipinski definition) is 1. The van der Waals surface area contributed by atoms with Crippen molar-refractivity contribution < 1.29 is 35.6 Å². The molecule has 0 aromatic heterocycles. The number of carbonyl (C=O) groups excluding carboxylic acids is 2. The number of halogens is 4. The molecule has 194 valence electrons. The molecule has 3 atom stereocenters. The molecule has 2 aliphatic rings. The average molecular weight is 527 g/mol. The van der Waals surface area contributed by atoms with Gasteiger partial charge in [0, 0.05) is 23.4 Å². The zero-order valence-electron chi connectivity index (χ0n) is 19.7. The third-order valence-electron chi connectivity index (χ3n) is 6.77. The van der Waals surface area contributed by atoms with Gasteiger partial charge in [0.2, 0.25) is 5.91 Å². The molecule has 36 heavy (non-hydrogen) atoms. The Morgan fingerprint density at radius 2 is 1.75 bits per heavy atom. The fraction of sp³-hybridized carbons (Fsp3) is 0.440. The van der Waals surface area contributed by atoms with E-state index in [0.717, 1.165) is 18.4 Å². The second-order valence-corrected chi connectivity index (χ2v) is 11.5. The molecule has 11 heteroatoms. The highest BCUT2D eigenvalue weighted by atomic mass is 32.2. The summed E-state index contributed by atoms with van der Waals surface area (Å²) in [5.41, 5.74) is -1.01. The van der Waals surface area contributed by atoms with Crippen molar-refractivity contribution in [2.24, 2.45) is 5.92 Å². The van der Waals surface area contributed by atoms with Gasteiger partial charge < -0.3 is 10.2 Å². The molecular weight excluding hydrogens is 500 g/mol. The molecule has 1 aliphatic carbocycles. The Bertz CT molecular complexity index is 1290. The van der Waals surface area contributed by atoms with E-state index in [1.807, 2.05) is 0 Å². The van der Waals surface area contributed by atoms with Crippen LogP contribution in [0, 0.1) is 11.7 Å². The lowest BCUT2D eigenvalue weighted by molar-refractivity contribution is -0.137. The molecule has 1 saturated carbocycles. The molecule has 1 aliphatic heterocycles. The highest BCUT2D eigenvalue weighted by molar-refractivity contribution is 7.90. The van der Waals surface area contributed by atoms with E-state index in [1.165, 1.54) is 29.2 Å². The van der Waals surface area contributed by atoms with E-state index in [0.29, 0.717) is 31.7 Å². The number of rotatable bonds is 6. The molecule has 6 nitrogen and oxygen atoms in total. The van der Waals surface area contributed by atoms with Crippen LogP contribution in [0.15, 0.2) is 47.4 Å². The average Bonchev–Trinajstić information content (AvgIpc) is 3.57. The normalized spacial score (nSPS) is 21.3. The predicted octanol–water partition coefficient (Wildman–Crippen LogP) is 4.51. The fourth-order valence-corrected chi connectivity index (χ4v) is 5.34. The molecule has 2 aromatic carbocycles. The van der Waals surface area contributed by atoms with Crippen LogP contribution in [0.3, 0.4) is 0 Å². The van der Waals surface area contributed by atoms with Crippen LogP contribution in [0.1, 0.15) is 60.1 Å². The van der Waals surface area contributed by atoms with E-state index in [-0.39, 0.29) is 28.0 Å². The SMILES string of the molecule is C[C@H]1CC[C@H](C(=O)N[C@@H](c2ccc(C(F)(F)F)cc2F)C2CC2)N1C(=O)c1cccc(S(C)(=O)=O)c1.